The molecule has 0 spiro atoms. The second-order valence-corrected chi connectivity index (χ2v) is 13.5. The Labute approximate surface area is 246 Å². The van der Waals surface area contributed by atoms with E-state index in [0.29, 0.717) is 5.78 Å². The maximum Gasteiger partial charge on any atom is 0.212 e. The molecule has 3 aliphatic heterocycles. The number of aliphatic imine (C=N–C) groups is 1. The molecule has 9 rings (SSSR count). The van der Waals surface area contributed by atoms with Crippen LogP contribution in [-0.4, -0.2) is 27.3 Å². The van der Waals surface area contributed by atoms with Gasteiger partial charge in [-0.15, -0.1) is 0 Å². The van der Waals surface area contributed by atoms with Crippen molar-refractivity contribution in [3.8, 4) is 11.1 Å². The number of benzene rings is 4. The van der Waals surface area contributed by atoms with Crippen LogP contribution in [0.2, 0.25) is 0 Å². The summed E-state index contributed by atoms with van der Waals surface area (Å²) in [6, 6.07) is 37.4. The first-order valence-corrected chi connectivity index (χ1v) is 16.3. The van der Waals surface area contributed by atoms with Crippen molar-refractivity contribution in [3.05, 3.63) is 145 Å². The summed E-state index contributed by atoms with van der Waals surface area (Å²) in [4.78, 5) is 13.3. The van der Waals surface area contributed by atoms with Crippen LogP contribution in [-0.2, 0) is 0 Å². The van der Waals surface area contributed by atoms with Crippen LogP contribution in [0.25, 0.3) is 27.7 Å². The van der Waals surface area contributed by atoms with Crippen molar-refractivity contribution in [2.24, 2.45) is 4.99 Å². The van der Waals surface area contributed by atoms with Crippen molar-refractivity contribution in [3.63, 3.8) is 0 Å². The molecule has 202 valence electrons. The van der Waals surface area contributed by atoms with Crippen molar-refractivity contribution < 1.29 is 0 Å². The Morgan fingerprint density at radius 3 is 2.36 bits per heavy atom. The van der Waals surface area contributed by atoms with Gasteiger partial charge in [0.15, 0.2) is 0 Å². The first-order chi connectivity index (χ1) is 20.8. The standard InChI is InChI=1S/C37H29N4P/c1-3-11-25(12-4-1)27-19-21-33-34(23-27)42-24-28(26-13-5-2-6-14-26)20-22-35(42)40(33)37-39-30-16-8-7-15-29(30)36-38-31-17-9-10-18-32(31)41(36)37/h1-19,21,23-24,29-30,35H,20,22H2. The molecule has 5 aromatic rings. The molecule has 42 heavy (non-hydrogen) atoms. The van der Waals surface area contributed by atoms with Crippen molar-refractivity contribution in [1.82, 2.24) is 9.55 Å². The van der Waals surface area contributed by atoms with Crippen LogP contribution in [0, 0.1) is 0 Å². The molecule has 0 saturated heterocycles. The molecule has 1 aliphatic carbocycles. The number of imidazole rings is 1. The number of aromatic nitrogens is 2. The molecule has 0 bridgehead atoms. The summed E-state index contributed by atoms with van der Waals surface area (Å²) >= 11 is 0. The summed E-state index contributed by atoms with van der Waals surface area (Å²) in [6.45, 7) is 0. The highest BCUT2D eigenvalue weighted by molar-refractivity contribution is 7.70. The Morgan fingerprint density at radius 1 is 0.738 bits per heavy atom. The zero-order valence-electron chi connectivity index (χ0n) is 23.1. The first-order valence-electron chi connectivity index (χ1n) is 14.8. The Morgan fingerprint density at radius 2 is 1.50 bits per heavy atom. The fourth-order valence-corrected chi connectivity index (χ4v) is 9.90. The Bertz CT molecular complexity index is 1970. The lowest BCUT2D eigenvalue weighted by Crippen LogP contribution is -2.45. The molecule has 0 N–H and O–H groups in total. The van der Waals surface area contributed by atoms with E-state index in [4.69, 9.17) is 9.98 Å². The fourth-order valence-electron chi connectivity index (χ4n) is 7.04. The van der Waals surface area contributed by atoms with Crippen LogP contribution in [0.4, 0.5) is 5.69 Å². The Kier molecular flexibility index (Phi) is 5.46. The minimum absolute atomic E-state index is 0.0483. The second-order valence-electron chi connectivity index (χ2n) is 11.4. The summed E-state index contributed by atoms with van der Waals surface area (Å²) < 4.78 is 2.35. The van der Waals surface area contributed by atoms with Gasteiger partial charge in [-0.25, -0.2) is 9.98 Å². The summed E-state index contributed by atoms with van der Waals surface area (Å²) in [6.07, 6.45) is 10.9. The molecule has 4 heterocycles. The summed E-state index contributed by atoms with van der Waals surface area (Å²) in [5, 5.41) is 1.44. The van der Waals surface area contributed by atoms with E-state index < -0.39 is 7.92 Å². The van der Waals surface area contributed by atoms with Gasteiger partial charge in [0, 0.05) is 5.30 Å². The topological polar surface area (TPSA) is 33.4 Å². The van der Waals surface area contributed by atoms with E-state index in [1.54, 1.807) is 0 Å². The number of allylic oxidation sites excluding steroid dienone is 3. The van der Waals surface area contributed by atoms with Crippen molar-refractivity contribution in [2.75, 3.05) is 4.90 Å². The first kappa shape index (κ1) is 24.1. The van der Waals surface area contributed by atoms with Gasteiger partial charge in [-0.1, -0.05) is 109 Å². The number of para-hydroxylation sites is 2. The summed E-state index contributed by atoms with van der Waals surface area (Å²) in [7, 11) is -0.589. The lowest BCUT2D eigenvalue weighted by atomic mass is 9.93. The highest BCUT2D eigenvalue weighted by Crippen LogP contribution is 2.59. The van der Waals surface area contributed by atoms with E-state index in [1.165, 1.54) is 33.3 Å². The quantitative estimate of drug-likeness (QED) is 0.204. The second kappa shape index (κ2) is 9.51. The SMILES string of the molecule is C1=CC2N=C(N3c4ccc(-c5ccccc5)cc4P4C=C(c5ccccc5)CCC34)n3c(nc4ccccc43)C2C=C1. The Hall–Kier alpha value is -4.53. The summed E-state index contributed by atoms with van der Waals surface area (Å²) in [5.74, 6) is 5.20. The van der Waals surface area contributed by atoms with Gasteiger partial charge in [-0.2, -0.15) is 0 Å². The maximum atomic E-state index is 5.51. The van der Waals surface area contributed by atoms with Gasteiger partial charge in [0.05, 0.1) is 34.5 Å². The van der Waals surface area contributed by atoms with Crippen LogP contribution < -0.4 is 10.2 Å². The molecular weight excluding hydrogens is 531 g/mol. The molecule has 1 aromatic heterocycles. The molecule has 4 unspecified atom stereocenters. The van der Waals surface area contributed by atoms with Crippen molar-refractivity contribution >= 4 is 41.5 Å². The third kappa shape index (κ3) is 3.65. The number of hydrogen-bond donors (Lipinski definition) is 0. The molecule has 4 atom stereocenters. The van der Waals surface area contributed by atoms with Gasteiger partial charge >= 0.3 is 0 Å². The normalized spacial score (nSPS) is 23.6. The molecule has 5 heteroatoms. The molecule has 0 amide bonds. The van der Waals surface area contributed by atoms with Crippen molar-refractivity contribution in [1.29, 1.82) is 0 Å². The van der Waals surface area contributed by atoms with E-state index in [9.17, 15) is 0 Å². The minimum atomic E-state index is -0.589. The van der Waals surface area contributed by atoms with E-state index in [-0.39, 0.29) is 12.0 Å². The average Bonchev–Trinajstić information content (AvgIpc) is 3.61. The third-order valence-electron chi connectivity index (χ3n) is 9.02. The number of fused-ring (bicyclic) bond motifs is 8. The zero-order chi connectivity index (χ0) is 27.6. The zero-order valence-corrected chi connectivity index (χ0v) is 24.0. The fraction of sp³-hybridized carbons (Fsp3) is 0.135. The smallest absolute Gasteiger partial charge is 0.212 e. The van der Waals surface area contributed by atoms with Crippen LogP contribution in [0.15, 0.2) is 138 Å². The van der Waals surface area contributed by atoms with Crippen LogP contribution in [0.3, 0.4) is 0 Å². The molecule has 0 saturated carbocycles. The number of hydrogen-bond acceptors (Lipinski definition) is 3. The van der Waals surface area contributed by atoms with E-state index >= 15 is 0 Å². The number of anilines is 1. The highest BCUT2D eigenvalue weighted by atomic mass is 31.1. The molecular formula is C37H29N4P. The molecule has 4 nitrogen and oxygen atoms in total. The van der Waals surface area contributed by atoms with E-state index in [1.807, 2.05) is 0 Å². The van der Waals surface area contributed by atoms with E-state index in [0.717, 1.165) is 35.7 Å². The predicted octanol–water partition coefficient (Wildman–Crippen LogP) is 8.29. The number of nitrogens with zero attached hydrogens (tertiary/aromatic N) is 4. The number of rotatable bonds is 2. The van der Waals surface area contributed by atoms with Crippen molar-refractivity contribution in [2.45, 2.75) is 30.6 Å². The molecule has 0 radical (unpaired) electrons. The maximum absolute atomic E-state index is 5.51. The van der Waals surface area contributed by atoms with Crippen LogP contribution in [0.5, 0.6) is 0 Å². The monoisotopic (exact) mass is 560 g/mol. The largest absolute Gasteiger partial charge is 0.303 e. The van der Waals surface area contributed by atoms with Crippen LogP contribution >= 0.6 is 7.92 Å². The predicted molar refractivity (Wildman–Crippen MR) is 176 cm³/mol. The van der Waals surface area contributed by atoms with Gasteiger partial charge in [0.25, 0.3) is 0 Å². The summed E-state index contributed by atoms with van der Waals surface area (Å²) in [5.41, 5.74) is 8.79. The Balaban J connectivity index is 1.25. The lowest BCUT2D eigenvalue weighted by molar-refractivity contribution is 0.630. The van der Waals surface area contributed by atoms with Gasteiger partial charge in [0.1, 0.15) is 5.82 Å². The minimum Gasteiger partial charge on any atom is -0.303 e. The van der Waals surface area contributed by atoms with Gasteiger partial charge < -0.3 is 4.90 Å². The molecule has 4 aliphatic rings. The molecule has 4 aromatic carbocycles. The van der Waals surface area contributed by atoms with Gasteiger partial charge in [-0.05, 0) is 67.3 Å². The van der Waals surface area contributed by atoms with Gasteiger partial charge in [0.2, 0.25) is 5.96 Å². The molecule has 0 fully saturated rings. The highest BCUT2D eigenvalue weighted by Gasteiger charge is 2.45. The van der Waals surface area contributed by atoms with E-state index in [2.05, 4.69) is 143 Å². The lowest BCUT2D eigenvalue weighted by Gasteiger charge is -2.37. The van der Waals surface area contributed by atoms with Crippen LogP contribution in [0.1, 0.15) is 30.1 Å². The third-order valence-corrected chi connectivity index (χ3v) is 11.7. The van der Waals surface area contributed by atoms with Gasteiger partial charge in [-0.3, -0.25) is 4.57 Å². The average molecular weight is 561 g/mol.